The second-order valence-electron chi connectivity index (χ2n) is 6.35. The van der Waals surface area contributed by atoms with Crippen molar-refractivity contribution in [3.63, 3.8) is 0 Å². The minimum Gasteiger partial charge on any atom is -0.493 e. The average Bonchev–Trinajstić information content (AvgIpc) is 2.78. The molecule has 0 bridgehead atoms. The van der Waals surface area contributed by atoms with E-state index in [1.165, 1.54) is 0 Å². The minimum absolute atomic E-state index is 0.231. The van der Waals surface area contributed by atoms with Crippen LogP contribution >= 0.6 is 0 Å². The van der Waals surface area contributed by atoms with Gasteiger partial charge in [0.2, 0.25) is 0 Å². The van der Waals surface area contributed by atoms with Crippen LogP contribution in [0, 0.1) is 0 Å². The zero-order chi connectivity index (χ0) is 20.6. The van der Waals surface area contributed by atoms with E-state index in [-0.39, 0.29) is 5.91 Å². The number of methoxy groups -OCH3 is 2. The molecule has 150 valence electrons. The molecule has 0 unspecified atom stereocenters. The van der Waals surface area contributed by atoms with Crippen molar-refractivity contribution < 1.29 is 14.3 Å². The maximum absolute atomic E-state index is 12.6. The summed E-state index contributed by atoms with van der Waals surface area (Å²) in [4.78, 5) is 19.0. The molecule has 0 atom stereocenters. The molecule has 0 aliphatic heterocycles. The highest BCUT2D eigenvalue weighted by Gasteiger charge is 2.13. The number of aromatic nitrogens is 1. The molecule has 3 rings (SSSR count). The number of carbonyl (C=O) groups is 1. The van der Waals surface area contributed by atoms with Gasteiger partial charge in [-0.2, -0.15) is 0 Å². The molecular formula is C23H25N3O3. The van der Waals surface area contributed by atoms with Gasteiger partial charge in [-0.15, -0.1) is 0 Å². The summed E-state index contributed by atoms with van der Waals surface area (Å²) in [5.41, 5.74) is 3.27. The molecule has 0 saturated heterocycles. The molecule has 0 saturated carbocycles. The molecular weight excluding hydrogens is 366 g/mol. The molecule has 3 aromatic rings. The predicted octanol–water partition coefficient (Wildman–Crippen LogP) is 4.19. The fraction of sp³-hybridized carbons (Fsp3) is 0.217. The molecule has 1 heterocycles. The van der Waals surface area contributed by atoms with Gasteiger partial charge < -0.3 is 19.7 Å². The van der Waals surface area contributed by atoms with Crippen molar-refractivity contribution in [1.29, 1.82) is 0 Å². The van der Waals surface area contributed by atoms with E-state index < -0.39 is 0 Å². The highest BCUT2D eigenvalue weighted by molar-refractivity contribution is 5.93. The van der Waals surface area contributed by atoms with Crippen molar-refractivity contribution >= 4 is 17.3 Å². The Kier molecular flexibility index (Phi) is 6.68. The Morgan fingerprint density at radius 3 is 2.41 bits per heavy atom. The highest BCUT2D eigenvalue weighted by atomic mass is 16.5. The third-order valence-corrected chi connectivity index (χ3v) is 4.57. The van der Waals surface area contributed by atoms with Crippen molar-refractivity contribution in [3.8, 4) is 11.5 Å². The van der Waals surface area contributed by atoms with E-state index in [1.807, 2.05) is 54.6 Å². The predicted molar refractivity (Wildman–Crippen MR) is 114 cm³/mol. The third kappa shape index (κ3) is 4.85. The summed E-state index contributed by atoms with van der Waals surface area (Å²) in [7, 11) is 3.18. The van der Waals surface area contributed by atoms with Gasteiger partial charge in [0.25, 0.3) is 5.91 Å². The number of rotatable bonds is 8. The van der Waals surface area contributed by atoms with Gasteiger partial charge in [-0.25, -0.2) is 0 Å². The standard InChI is InChI=1S/C23H25N3O3/c1-4-26(18-8-6-5-7-9-18)19-12-13-24-20(15-19)23(27)25-16-17-10-11-21(28-2)22(14-17)29-3/h5-15H,4,16H2,1-3H3,(H,25,27). The number of pyridine rings is 1. The van der Waals surface area contributed by atoms with Crippen LogP contribution in [0.3, 0.4) is 0 Å². The lowest BCUT2D eigenvalue weighted by Gasteiger charge is -2.23. The fourth-order valence-corrected chi connectivity index (χ4v) is 3.10. The smallest absolute Gasteiger partial charge is 0.270 e. The van der Waals surface area contributed by atoms with Crippen LogP contribution in [0.25, 0.3) is 0 Å². The first-order chi connectivity index (χ1) is 14.2. The van der Waals surface area contributed by atoms with Crippen LogP contribution in [0.4, 0.5) is 11.4 Å². The Bertz CT molecular complexity index is 961. The normalized spacial score (nSPS) is 10.3. The SMILES string of the molecule is CCN(c1ccccc1)c1ccnc(C(=O)NCc2ccc(OC)c(OC)c2)c1. The summed E-state index contributed by atoms with van der Waals surface area (Å²) < 4.78 is 10.6. The van der Waals surface area contributed by atoms with E-state index in [0.29, 0.717) is 23.7 Å². The van der Waals surface area contributed by atoms with Crippen molar-refractivity contribution in [2.24, 2.45) is 0 Å². The molecule has 0 radical (unpaired) electrons. The number of benzene rings is 2. The molecule has 6 heteroatoms. The molecule has 1 N–H and O–H groups in total. The van der Waals surface area contributed by atoms with Gasteiger partial charge in [-0.05, 0) is 48.9 Å². The van der Waals surface area contributed by atoms with Crippen LogP contribution < -0.4 is 19.7 Å². The number of hydrogen-bond acceptors (Lipinski definition) is 5. The largest absolute Gasteiger partial charge is 0.493 e. The lowest BCUT2D eigenvalue weighted by atomic mass is 10.2. The summed E-state index contributed by atoms with van der Waals surface area (Å²) in [6.07, 6.45) is 1.66. The van der Waals surface area contributed by atoms with Crippen LogP contribution in [0.2, 0.25) is 0 Å². The van der Waals surface area contributed by atoms with Gasteiger partial charge in [-0.3, -0.25) is 9.78 Å². The molecule has 29 heavy (non-hydrogen) atoms. The van der Waals surface area contributed by atoms with Crippen LogP contribution in [0.5, 0.6) is 11.5 Å². The molecule has 2 aromatic carbocycles. The quantitative estimate of drug-likeness (QED) is 0.624. The summed E-state index contributed by atoms with van der Waals surface area (Å²) in [6.45, 7) is 3.21. The fourth-order valence-electron chi connectivity index (χ4n) is 3.10. The van der Waals surface area contributed by atoms with Crippen LogP contribution in [-0.2, 0) is 6.54 Å². The Labute approximate surface area is 171 Å². The second kappa shape index (κ2) is 9.59. The number of carbonyl (C=O) groups excluding carboxylic acids is 1. The second-order valence-corrected chi connectivity index (χ2v) is 6.35. The zero-order valence-electron chi connectivity index (χ0n) is 16.9. The van der Waals surface area contributed by atoms with Gasteiger partial charge >= 0.3 is 0 Å². The summed E-state index contributed by atoms with van der Waals surface area (Å²) >= 11 is 0. The zero-order valence-corrected chi connectivity index (χ0v) is 16.9. The molecule has 0 fully saturated rings. The van der Waals surface area contributed by atoms with Crippen LogP contribution in [-0.4, -0.2) is 31.7 Å². The van der Waals surface area contributed by atoms with E-state index in [1.54, 1.807) is 26.5 Å². The van der Waals surface area contributed by atoms with Gasteiger partial charge in [-0.1, -0.05) is 24.3 Å². The number of amides is 1. The Morgan fingerprint density at radius 2 is 1.72 bits per heavy atom. The van der Waals surface area contributed by atoms with Gasteiger partial charge in [0.15, 0.2) is 11.5 Å². The highest BCUT2D eigenvalue weighted by Crippen LogP contribution is 2.28. The van der Waals surface area contributed by atoms with Crippen molar-refractivity contribution in [2.75, 3.05) is 25.7 Å². The summed E-state index contributed by atoms with van der Waals surface area (Å²) in [6, 6.07) is 19.3. The van der Waals surface area contributed by atoms with Crippen LogP contribution in [0.15, 0.2) is 66.9 Å². The molecule has 1 aromatic heterocycles. The number of anilines is 2. The number of para-hydroxylation sites is 1. The molecule has 0 spiro atoms. The minimum atomic E-state index is -0.231. The van der Waals surface area contributed by atoms with Crippen molar-refractivity contribution in [1.82, 2.24) is 10.3 Å². The lowest BCUT2D eigenvalue weighted by Crippen LogP contribution is -2.24. The first-order valence-electron chi connectivity index (χ1n) is 9.44. The monoisotopic (exact) mass is 391 g/mol. The molecule has 0 aliphatic carbocycles. The van der Waals surface area contributed by atoms with E-state index in [4.69, 9.17) is 9.47 Å². The van der Waals surface area contributed by atoms with Crippen molar-refractivity contribution in [3.05, 3.63) is 78.1 Å². The number of nitrogens with zero attached hydrogens (tertiary/aromatic N) is 2. The van der Waals surface area contributed by atoms with Crippen LogP contribution in [0.1, 0.15) is 23.0 Å². The third-order valence-electron chi connectivity index (χ3n) is 4.57. The average molecular weight is 391 g/mol. The Balaban J connectivity index is 1.73. The van der Waals surface area contributed by atoms with Crippen molar-refractivity contribution in [2.45, 2.75) is 13.5 Å². The van der Waals surface area contributed by atoms with E-state index in [9.17, 15) is 4.79 Å². The maximum Gasteiger partial charge on any atom is 0.270 e. The summed E-state index contributed by atoms with van der Waals surface area (Å²) in [5, 5.41) is 2.91. The molecule has 6 nitrogen and oxygen atoms in total. The van der Waals surface area contributed by atoms with E-state index >= 15 is 0 Å². The van der Waals surface area contributed by atoms with E-state index in [2.05, 4.69) is 22.1 Å². The Morgan fingerprint density at radius 1 is 0.966 bits per heavy atom. The molecule has 1 amide bonds. The summed E-state index contributed by atoms with van der Waals surface area (Å²) in [5.74, 6) is 1.05. The van der Waals surface area contributed by atoms with Gasteiger partial charge in [0.1, 0.15) is 5.69 Å². The van der Waals surface area contributed by atoms with Gasteiger partial charge in [0.05, 0.1) is 14.2 Å². The number of hydrogen-bond donors (Lipinski definition) is 1. The molecule has 0 aliphatic rings. The number of ether oxygens (including phenoxy) is 2. The first kappa shape index (κ1) is 20.2. The topological polar surface area (TPSA) is 63.7 Å². The van der Waals surface area contributed by atoms with Gasteiger partial charge in [0, 0.05) is 30.7 Å². The lowest BCUT2D eigenvalue weighted by molar-refractivity contribution is 0.0946. The maximum atomic E-state index is 12.6. The first-order valence-corrected chi connectivity index (χ1v) is 9.44. The van der Waals surface area contributed by atoms with E-state index in [0.717, 1.165) is 23.5 Å². The number of nitrogens with one attached hydrogen (secondary N) is 1. The Hall–Kier alpha value is -3.54.